The molecule has 0 spiro atoms. The fourth-order valence-electron chi connectivity index (χ4n) is 2.47. The highest BCUT2D eigenvalue weighted by Crippen LogP contribution is 2.25. The van der Waals surface area contributed by atoms with Crippen LogP contribution < -0.4 is 0 Å². The first-order chi connectivity index (χ1) is 10.7. The molecular weight excluding hydrogens is 345 g/mol. The fourth-order valence-corrected chi connectivity index (χ4v) is 2.81. The van der Waals surface area contributed by atoms with E-state index in [2.05, 4.69) is 32.9 Å². The van der Waals surface area contributed by atoms with Crippen LogP contribution in [0.1, 0.15) is 24.9 Å². The van der Waals surface area contributed by atoms with Gasteiger partial charge in [0.2, 0.25) is 0 Å². The molecule has 22 heavy (non-hydrogen) atoms. The number of nitrogens with zero attached hydrogens (tertiary/aromatic N) is 3. The number of aromatic nitrogens is 3. The van der Waals surface area contributed by atoms with E-state index in [-0.39, 0.29) is 11.9 Å². The third-order valence-corrected chi connectivity index (χ3v) is 4.01. The van der Waals surface area contributed by atoms with Gasteiger partial charge in [-0.1, -0.05) is 25.1 Å². The standard InChI is InChI=1S/C17H15BrFN3/c1-2-16(12-6-8-14(19)9-7-12)22-11-13(10-20-22)15-4-3-5-17(18)21-15/h3-11,16H,2H2,1H3/t16-/m1/s1. The van der Waals surface area contributed by atoms with Crippen molar-refractivity contribution in [1.82, 2.24) is 14.8 Å². The summed E-state index contributed by atoms with van der Waals surface area (Å²) < 4.78 is 15.8. The quantitative estimate of drug-likeness (QED) is 0.623. The molecule has 112 valence electrons. The zero-order chi connectivity index (χ0) is 15.5. The van der Waals surface area contributed by atoms with Crippen molar-refractivity contribution >= 4 is 15.9 Å². The summed E-state index contributed by atoms with van der Waals surface area (Å²) in [5, 5.41) is 4.46. The molecule has 0 amide bonds. The van der Waals surface area contributed by atoms with Crippen LogP contribution in [0.4, 0.5) is 4.39 Å². The Morgan fingerprint density at radius 1 is 1.18 bits per heavy atom. The van der Waals surface area contributed by atoms with Crippen LogP contribution in [0.3, 0.4) is 0 Å². The first-order valence-corrected chi connectivity index (χ1v) is 7.89. The van der Waals surface area contributed by atoms with Gasteiger partial charge in [-0.3, -0.25) is 4.68 Å². The van der Waals surface area contributed by atoms with Crippen molar-refractivity contribution in [1.29, 1.82) is 0 Å². The van der Waals surface area contributed by atoms with Gasteiger partial charge in [-0.15, -0.1) is 0 Å². The molecule has 0 aliphatic rings. The third kappa shape index (κ3) is 3.09. The first kappa shape index (κ1) is 14.9. The van der Waals surface area contributed by atoms with Crippen LogP contribution in [-0.2, 0) is 0 Å². The number of halogens is 2. The summed E-state index contributed by atoms with van der Waals surface area (Å²) in [7, 11) is 0. The van der Waals surface area contributed by atoms with E-state index in [0.717, 1.165) is 27.8 Å². The van der Waals surface area contributed by atoms with E-state index in [0.29, 0.717) is 0 Å². The van der Waals surface area contributed by atoms with Crippen LogP contribution in [0.15, 0.2) is 59.5 Å². The summed E-state index contributed by atoms with van der Waals surface area (Å²) in [6.45, 7) is 2.09. The highest BCUT2D eigenvalue weighted by Gasteiger charge is 2.14. The molecule has 0 aliphatic heterocycles. The molecule has 3 nitrogen and oxygen atoms in total. The van der Waals surface area contributed by atoms with E-state index >= 15 is 0 Å². The first-order valence-electron chi connectivity index (χ1n) is 7.10. The SMILES string of the molecule is CC[C@H](c1ccc(F)cc1)n1cc(-c2cccc(Br)n2)cn1. The molecule has 1 aromatic carbocycles. The molecule has 0 unspecified atom stereocenters. The Kier molecular flexibility index (Phi) is 4.34. The second kappa shape index (κ2) is 6.40. The minimum Gasteiger partial charge on any atom is -0.265 e. The van der Waals surface area contributed by atoms with Gasteiger partial charge in [-0.25, -0.2) is 9.37 Å². The normalized spacial score (nSPS) is 12.3. The molecule has 0 N–H and O–H groups in total. The van der Waals surface area contributed by atoms with Crippen LogP contribution in [0.25, 0.3) is 11.3 Å². The summed E-state index contributed by atoms with van der Waals surface area (Å²) in [6, 6.07) is 12.5. The zero-order valence-corrected chi connectivity index (χ0v) is 13.7. The third-order valence-electron chi connectivity index (χ3n) is 3.57. The van der Waals surface area contributed by atoms with Crippen LogP contribution in [-0.4, -0.2) is 14.8 Å². The van der Waals surface area contributed by atoms with Gasteiger partial charge >= 0.3 is 0 Å². The lowest BCUT2D eigenvalue weighted by Crippen LogP contribution is -2.10. The second-order valence-electron chi connectivity index (χ2n) is 5.03. The van der Waals surface area contributed by atoms with Gasteiger partial charge in [-0.05, 0) is 52.2 Å². The molecule has 2 heterocycles. The number of hydrogen-bond acceptors (Lipinski definition) is 2. The van der Waals surface area contributed by atoms with Crippen molar-refractivity contribution in [2.24, 2.45) is 0 Å². The van der Waals surface area contributed by atoms with Gasteiger partial charge in [0.05, 0.1) is 17.9 Å². The lowest BCUT2D eigenvalue weighted by molar-refractivity contribution is 0.508. The van der Waals surface area contributed by atoms with Crippen molar-refractivity contribution in [3.05, 3.63) is 70.8 Å². The largest absolute Gasteiger partial charge is 0.265 e. The molecule has 0 saturated heterocycles. The monoisotopic (exact) mass is 359 g/mol. The Hall–Kier alpha value is -2.01. The van der Waals surface area contributed by atoms with Gasteiger partial charge in [0.1, 0.15) is 10.4 Å². The molecule has 3 aromatic rings. The maximum absolute atomic E-state index is 13.1. The maximum atomic E-state index is 13.1. The fraction of sp³-hybridized carbons (Fsp3) is 0.176. The van der Waals surface area contributed by atoms with Gasteiger partial charge in [-0.2, -0.15) is 5.10 Å². The lowest BCUT2D eigenvalue weighted by atomic mass is 10.0. The van der Waals surface area contributed by atoms with E-state index in [1.165, 1.54) is 12.1 Å². The van der Waals surface area contributed by atoms with E-state index < -0.39 is 0 Å². The molecule has 1 atom stereocenters. The predicted octanol–water partition coefficient (Wildman–Crippen LogP) is 4.85. The lowest BCUT2D eigenvalue weighted by Gasteiger charge is -2.16. The van der Waals surface area contributed by atoms with Crippen molar-refractivity contribution in [3.8, 4) is 11.3 Å². The van der Waals surface area contributed by atoms with Crippen molar-refractivity contribution in [2.75, 3.05) is 0 Å². The molecule has 2 aromatic heterocycles. The number of hydrogen-bond donors (Lipinski definition) is 0. The Morgan fingerprint density at radius 3 is 2.64 bits per heavy atom. The average molecular weight is 360 g/mol. The average Bonchev–Trinajstić information content (AvgIpc) is 3.00. The summed E-state index contributed by atoms with van der Waals surface area (Å²) in [4.78, 5) is 4.44. The molecule has 0 fully saturated rings. The number of pyridine rings is 1. The van der Waals surface area contributed by atoms with E-state index in [1.54, 1.807) is 6.20 Å². The van der Waals surface area contributed by atoms with Crippen molar-refractivity contribution in [2.45, 2.75) is 19.4 Å². The number of rotatable bonds is 4. The summed E-state index contributed by atoms with van der Waals surface area (Å²) in [5.41, 5.74) is 2.87. The highest BCUT2D eigenvalue weighted by molar-refractivity contribution is 9.10. The summed E-state index contributed by atoms with van der Waals surface area (Å²) >= 11 is 3.38. The van der Waals surface area contributed by atoms with Crippen molar-refractivity contribution in [3.63, 3.8) is 0 Å². The molecule has 0 radical (unpaired) electrons. The summed E-state index contributed by atoms with van der Waals surface area (Å²) in [6.07, 6.45) is 4.66. The van der Waals surface area contributed by atoms with Crippen LogP contribution >= 0.6 is 15.9 Å². The van der Waals surface area contributed by atoms with Crippen molar-refractivity contribution < 1.29 is 4.39 Å². The Morgan fingerprint density at radius 2 is 1.95 bits per heavy atom. The zero-order valence-electron chi connectivity index (χ0n) is 12.1. The van der Waals surface area contributed by atoms with E-state index in [9.17, 15) is 4.39 Å². The highest BCUT2D eigenvalue weighted by atomic mass is 79.9. The molecule has 0 saturated carbocycles. The van der Waals surface area contributed by atoms with E-state index in [1.807, 2.05) is 41.2 Å². The van der Waals surface area contributed by atoms with E-state index in [4.69, 9.17) is 0 Å². The Bertz CT molecular complexity index is 768. The molecule has 3 rings (SSSR count). The van der Waals surface area contributed by atoms with Gasteiger partial charge in [0.15, 0.2) is 0 Å². The van der Waals surface area contributed by atoms with Crippen LogP contribution in [0.2, 0.25) is 0 Å². The van der Waals surface area contributed by atoms with Gasteiger partial charge < -0.3 is 0 Å². The molecule has 0 aliphatic carbocycles. The Balaban J connectivity index is 1.93. The molecule has 0 bridgehead atoms. The topological polar surface area (TPSA) is 30.7 Å². The van der Waals surface area contributed by atoms with Gasteiger partial charge in [0, 0.05) is 11.8 Å². The molecular formula is C17H15BrFN3. The predicted molar refractivity (Wildman–Crippen MR) is 88.0 cm³/mol. The number of benzene rings is 1. The van der Waals surface area contributed by atoms with Crippen LogP contribution in [0.5, 0.6) is 0 Å². The Labute approximate surface area is 137 Å². The minimum atomic E-state index is -0.224. The maximum Gasteiger partial charge on any atom is 0.123 e. The second-order valence-corrected chi connectivity index (χ2v) is 5.84. The smallest absolute Gasteiger partial charge is 0.123 e. The van der Waals surface area contributed by atoms with Crippen LogP contribution in [0, 0.1) is 5.82 Å². The summed E-state index contributed by atoms with van der Waals surface area (Å²) in [5.74, 6) is -0.224. The minimum absolute atomic E-state index is 0.0847. The molecule has 5 heteroatoms. The van der Waals surface area contributed by atoms with Gasteiger partial charge in [0.25, 0.3) is 0 Å².